The first kappa shape index (κ1) is 12.6. The zero-order valence-electron chi connectivity index (χ0n) is 9.67. The predicted molar refractivity (Wildman–Crippen MR) is 67.8 cm³/mol. The minimum atomic E-state index is -0.0109. The summed E-state index contributed by atoms with van der Waals surface area (Å²) in [4.78, 5) is 12.7. The van der Waals surface area contributed by atoms with Crippen molar-refractivity contribution in [2.45, 2.75) is 17.9 Å². The molecule has 1 heterocycles. The van der Waals surface area contributed by atoms with Crippen molar-refractivity contribution in [1.29, 1.82) is 0 Å². The quantitative estimate of drug-likeness (QED) is 0.760. The average molecular weight is 263 g/mol. The summed E-state index contributed by atoms with van der Waals surface area (Å²) < 4.78 is 0. The van der Waals surface area contributed by atoms with Gasteiger partial charge in [-0.3, -0.25) is 4.79 Å². The van der Waals surface area contributed by atoms with Crippen LogP contribution in [0.2, 0.25) is 0 Å². The maximum absolute atomic E-state index is 11.5. The molecule has 0 unspecified atom stereocenters. The van der Waals surface area contributed by atoms with Crippen molar-refractivity contribution in [3.63, 3.8) is 0 Å². The van der Waals surface area contributed by atoms with Crippen molar-refractivity contribution in [2.75, 3.05) is 5.75 Å². The number of aromatic nitrogens is 4. The molecule has 0 saturated carbocycles. The highest BCUT2D eigenvalue weighted by Crippen LogP contribution is 2.17. The fourth-order valence-corrected chi connectivity index (χ4v) is 2.17. The maximum Gasteiger partial charge on any atom is 0.221 e. The van der Waals surface area contributed by atoms with Gasteiger partial charge in [-0.05, 0) is 12.1 Å². The topological polar surface area (TPSA) is 83.6 Å². The molecule has 1 aromatic heterocycles. The molecule has 2 aromatic rings. The highest BCUT2D eigenvalue weighted by Gasteiger charge is 2.04. The highest BCUT2D eigenvalue weighted by atomic mass is 32.2. The van der Waals surface area contributed by atoms with Crippen LogP contribution in [-0.2, 0) is 11.3 Å². The molecule has 0 aliphatic carbocycles. The van der Waals surface area contributed by atoms with Gasteiger partial charge in [0.25, 0.3) is 0 Å². The van der Waals surface area contributed by atoms with Crippen molar-refractivity contribution in [3.05, 3.63) is 36.2 Å². The third-order valence-corrected chi connectivity index (χ3v) is 3.19. The second-order valence-corrected chi connectivity index (χ2v) is 4.68. The van der Waals surface area contributed by atoms with Gasteiger partial charge >= 0.3 is 0 Å². The Morgan fingerprint density at radius 3 is 2.89 bits per heavy atom. The van der Waals surface area contributed by atoms with Crippen LogP contribution in [0.1, 0.15) is 12.2 Å². The molecule has 1 amide bonds. The number of carbonyl (C=O) groups is 1. The van der Waals surface area contributed by atoms with Crippen molar-refractivity contribution >= 4 is 17.7 Å². The van der Waals surface area contributed by atoms with E-state index in [1.807, 2.05) is 30.3 Å². The van der Waals surface area contributed by atoms with Gasteiger partial charge < -0.3 is 5.32 Å². The van der Waals surface area contributed by atoms with Gasteiger partial charge in [-0.2, -0.15) is 5.21 Å². The lowest BCUT2D eigenvalue weighted by atomic mass is 10.4. The van der Waals surface area contributed by atoms with Gasteiger partial charge in [0.05, 0.1) is 6.54 Å². The molecule has 0 bridgehead atoms. The van der Waals surface area contributed by atoms with E-state index in [1.54, 1.807) is 11.8 Å². The molecular formula is C11H13N5OS. The maximum atomic E-state index is 11.5. The fourth-order valence-electron chi connectivity index (χ4n) is 1.30. The van der Waals surface area contributed by atoms with Crippen LogP contribution in [0.15, 0.2) is 35.2 Å². The SMILES string of the molecule is O=C(CCSc1ccccc1)NCc1nn[nH]n1. The molecule has 0 radical (unpaired) electrons. The van der Waals surface area contributed by atoms with E-state index in [9.17, 15) is 4.79 Å². The lowest BCUT2D eigenvalue weighted by Crippen LogP contribution is -2.23. The third kappa shape index (κ3) is 4.17. The van der Waals surface area contributed by atoms with Crippen LogP contribution in [0, 0.1) is 0 Å². The Labute approximate surface area is 109 Å². The van der Waals surface area contributed by atoms with Gasteiger partial charge in [-0.25, -0.2) is 0 Å². The monoisotopic (exact) mass is 263 g/mol. The van der Waals surface area contributed by atoms with Gasteiger partial charge in [0.1, 0.15) is 0 Å². The summed E-state index contributed by atoms with van der Waals surface area (Å²) in [5, 5.41) is 16.0. The standard InChI is InChI=1S/C11H13N5OS/c17-11(12-8-10-13-15-16-14-10)6-7-18-9-4-2-1-3-5-9/h1-5H,6-8H2,(H,12,17)(H,13,14,15,16). The van der Waals surface area contributed by atoms with Crippen LogP contribution in [0.25, 0.3) is 0 Å². The Kier molecular flexibility index (Phi) is 4.71. The van der Waals surface area contributed by atoms with Gasteiger partial charge in [0, 0.05) is 17.1 Å². The molecule has 94 valence electrons. The van der Waals surface area contributed by atoms with E-state index < -0.39 is 0 Å². The molecule has 6 nitrogen and oxygen atoms in total. The van der Waals surface area contributed by atoms with E-state index >= 15 is 0 Å². The van der Waals surface area contributed by atoms with Crippen LogP contribution in [0.4, 0.5) is 0 Å². The first-order valence-corrected chi connectivity index (χ1v) is 6.50. The number of hydrogen-bond donors (Lipinski definition) is 2. The molecule has 0 saturated heterocycles. The van der Waals surface area contributed by atoms with Gasteiger partial charge in [0.2, 0.25) is 5.91 Å². The lowest BCUT2D eigenvalue weighted by Gasteiger charge is -2.02. The zero-order valence-corrected chi connectivity index (χ0v) is 10.5. The Morgan fingerprint density at radius 2 is 2.17 bits per heavy atom. The summed E-state index contributed by atoms with van der Waals surface area (Å²) in [7, 11) is 0. The summed E-state index contributed by atoms with van der Waals surface area (Å²) in [5.74, 6) is 1.23. The van der Waals surface area contributed by atoms with E-state index in [4.69, 9.17) is 0 Å². The number of benzene rings is 1. The molecular weight excluding hydrogens is 250 g/mol. The Balaban J connectivity index is 1.63. The smallest absolute Gasteiger partial charge is 0.221 e. The molecule has 7 heteroatoms. The Bertz CT molecular complexity index is 473. The number of rotatable bonds is 6. The Hall–Kier alpha value is -1.89. The second-order valence-electron chi connectivity index (χ2n) is 3.52. The molecule has 1 aromatic carbocycles. The van der Waals surface area contributed by atoms with E-state index in [1.165, 1.54) is 4.90 Å². The number of thioether (sulfide) groups is 1. The Morgan fingerprint density at radius 1 is 1.33 bits per heavy atom. The molecule has 0 fully saturated rings. The second kappa shape index (κ2) is 6.75. The lowest BCUT2D eigenvalue weighted by molar-refractivity contribution is -0.120. The largest absolute Gasteiger partial charge is 0.349 e. The van der Waals surface area contributed by atoms with Crippen LogP contribution in [0.3, 0.4) is 0 Å². The molecule has 0 atom stereocenters. The molecule has 2 rings (SSSR count). The minimum absolute atomic E-state index is 0.0109. The van der Waals surface area contributed by atoms with Crippen LogP contribution in [0.5, 0.6) is 0 Å². The average Bonchev–Trinajstić information content (AvgIpc) is 2.91. The van der Waals surface area contributed by atoms with E-state index in [0.717, 1.165) is 5.75 Å². The number of carbonyl (C=O) groups excluding carboxylic acids is 1. The van der Waals surface area contributed by atoms with E-state index in [-0.39, 0.29) is 5.91 Å². The number of hydrogen-bond acceptors (Lipinski definition) is 5. The molecule has 0 aliphatic heterocycles. The van der Waals surface area contributed by atoms with Crippen molar-refractivity contribution in [3.8, 4) is 0 Å². The molecule has 0 spiro atoms. The van der Waals surface area contributed by atoms with E-state index in [2.05, 4.69) is 25.9 Å². The number of H-pyrrole nitrogens is 1. The van der Waals surface area contributed by atoms with Crippen molar-refractivity contribution < 1.29 is 4.79 Å². The summed E-state index contributed by atoms with van der Waals surface area (Å²) >= 11 is 1.66. The van der Waals surface area contributed by atoms with Crippen LogP contribution < -0.4 is 5.32 Å². The normalized spacial score (nSPS) is 10.2. The number of amides is 1. The van der Waals surface area contributed by atoms with Crippen LogP contribution in [-0.4, -0.2) is 32.3 Å². The molecule has 18 heavy (non-hydrogen) atoms. The summed E-state index contributed by atoms with van der Waals surface area (Å²) in [6, 6.07) is 10.0. The third-order valence-electron chi connectivity index (χ3n) is 2.17. The zero-order chi connectivity index (χ0) is 12.6. The molecule has 2 N–H and O–H groups in total. The van der Waals surface area contributed by atoms with Crippen molar-refractivity contribution in [2.24, 2.45) is 0 Å². The van der Waals surface area contributed by atoms with Gasteiger partial charge in [-0.1, -0.05) is 23.4 Å². The molecule has 0 aliphatic rings. The summed E-state index contributed by atoms with van der Waals surface area (Å²) in [6.45, 7) is 0.311. The number of aromatic amines is 1. The number of nitrogens with zero attached hydrogens (tertiary/aromatic N) is 3. The van der Waals surface area contributed by atoms with Gasteiger partial charge in [0.15, 0.2) is 5.82 Å². The van der Waals surface area contributed by atoms with E-state index in [0.29, 0.717) is 18.8 Å². The first-order valence-electron chi connectivity index (χ1n) is 5.51. The summed E-state index contributed by atoms with van der Waals surface area (Å²) in [5.41, 5.74) is 0. The van der Waals surface area contributed by atoms with Crippen LogP contribution >= 0.6 is 11.8 Å². The van der Waals surface area contributed by atoms with Gasteiger partial charge in [-0.15, -0.1) is 22.0 Å². The first-order chi connectivity index (χ1) is 8.84. The highest BCUT2D eigenvalue weighted by molar-refractivity contribution is 7.99. The number of tetrazole rings is 1. The minimum Gasteiger partial charge on any atom is -0.349 e. The summed E-state index contributed by atoms with van der Waals surface area (Å²) in [6.07, 6.45) is 0.470. The van der Waals surface area contributed by atoms with Crippen molar-refractivity contribution in [1.82, 2.24) is 25.9 Å². The fraction of sp³-hybridized carbons (Fsp3) is 0.273. The predicted octanol–water partition coefficient (Wildman–Crippen LogP) is 0.998. The number of nitrogens with one attached hydrogen (secondary N) is 2.